The third-order valence-corrected chi connectivity index (χ3v) is 5.58. The second kappa shape index (κ2) is 6.11. The minimum atomic E-state index is -0.521. The van der Waals surface area contributed by atoms with E-state index in [1.54, 1.807) is 23.1 Å². The molecule has 1 amide bonds. The number of nitrogens with zero attached hydrogens (tertiary/aromatic N) is 1. The molecule has 4 nitrogen and oxygen atoms in total. The summed E-state index contributed by atoms with van der Waals surface area (Å²) < 4.78 is 2.11. The van der Waals surface area contributed by atoms with Crippen LogP contribution in [0.5, 0.6) is 0 Å². The first-order chi connectivity index (χ1) is 9.52. The van der Waals surface area contributed by atoms with Crippen LogP contribution < -0.4 is 11.1 Å². The number of hydrogen-bond acceptors (Lipinski definition) is 5. The van der Waals surface area contributed by atoms with Crippen molar-refractivity contribution in [1.29, 1.82) is 0 Å². The van der Waals surface area contributed by atoms with Gasteiger partial charge in [-0.15, -0.1) is 11.3 Å². The van der Waals surface area contributed by atoms with Crippen LogP contribution in [0.3, 0.4) is 0 Å². The van der Waals surface area contributed by atoms with Gasteiger partial charge < -0.3 is 11.1 Å². The fraction of sp³-hybridized carbons (Fsp3) is 0.429. The van der Waals surface area contributed by atoms with E-state index in [4.69, 9.17) is 5.73 Å². The predicted molar refractivity (Wildman–Crippen MR) is 87.5 cm³/mol. The normalized spacial score (nSPS) is 14.2. The Morgan fingerprint density at radius 1 is 1.55 bits per heavy atom. The molecule has 0 aliphatic carbocycles. The molecule has 1 heterocycles. The van der Waals surface area contributed by atoms with E-state index in [0.717, 1.165) is 26.7 Å². The van der Waals surface area contributed by atoms with Gasteiger partial charge >= 0.3 is 0 Å². The van der Waals surface area contributed by atoms with Crippen LogP contribution in [0.1, 0.15) is 20.3 Å². The Balaban J connectivity index is 2.23. The average Bonchev–Trinajstić information content (AvgIpc) is 2.88. The van der Waals surface area contributed by atoms with Crippen LogP contribution in [-0.4, -0.2) is 23.7 Å². The summed E-state index contributed by atoms with van der Waals surface area (Å²) in [5.41, 5.74) is 6.96. The average molecular weight is 309 g/mol. The van der Waals surface area contributed by atoms with Crippen LogP contribution in [0.15, 0.2) is 22.5 Å². The summed E-state index contributed by atoms with van der Waals surface area (Å²) in [7, 11) is 0. The fourth-order valence-electron chi connectivity index (χ4n) is 1.75. The van der Waals surface area contributed by atoms with Crippen LogP contribution >= 0.6 is 23.1 Å². The molecule has 0 saturated carbocycles. The Bertz CT molecular complexity index is 620. The molecule has 3 N–H and O–H groups in total. The number of carbonyl (C=O) groups excluding carboxylic acids is 1. The molecule has 108 valence electrons. The van der Waals surface area contributed by atoms with Crippen molar-refractivity contribution in [1.82, 2.24) is 4.98 Å². The van der Waals surface area contributed by atoms with E-state index < -0.39 is 5.41 Å². The molecule has 0 aliphatic heterocycles. The number of rotatable bonds is 5. The largest absolute Gasteiger partial charge is 0.329 e. The molecule has 0 saturated heterocycles. The molecular weight excluding hydrogens is 290 g/mol. The summed E-state index contributed by atoms with van der Waals surface area (Å²) in [4.78, 5) is 16.8. The first-order valence-electron chi connectivity index (χ1n) is 6.48. The molecule has 0 aliphatic rings. The summed E-state index contributed by atoms with van der Waals surface area (Å²) in [6, 6.07) is 5.79. The number of fused-ring (bicyclic) bond motifs is 1. The van der Waals surface area contributed by atoms with Crippen molar-refractivity contribution in [3.05, 3.63) is 18.2 Å². The smallest absolute Gasteiger partial charge is 0.231 e. The summed E-state index contributed by atoms with van der Waals surface area (Å²) in [6.45, 7) is 4.21. The minimum absolute atomic E-state index is 0.0311. The Kier molecular flexibility index (Phi) is 4.67. The van der Waals surface area contributed by atoms with Gasteiger partial charge in [0.2, 0.25) is 5.91 Å². The Labute approximate surface area is 127 Å². The molecule has 1 atom stereocenters. The number of nitrogens with one attached hydrogen (secondary N) is 1. The molecule has 0 fully saturated rings. The van der Waals surface area contributed by atoms with Crippen molar-refractivity contribution in [3.8, 4) is 0 Å². The van der Waals surface area contributed by atoms with E-state index in [1.165, 1.54) is 0 Å². The van der Waals surface area contributed by atoms with Gasteiger partial charge in [0.25, 0.3) is 0 Å². The number of amides is 1. The van der Waals surface area contributed by atoms with Crippen molar-refractivity contribution >= 4 is 44.9 Å². The summed E-state index contributed by atoms with van der Waals surface area (Å²) in [5, 5.41) is 2.96. The van der Waals surface area contributed by atoms with Crippen LogP contribution in [0, 0.1) is 5.41 Å². The Morgan fingerprint density at radius 2 is 2.30 bits per heavy atom. The van der Waals surface area contributed by atoms with Crippen LogP contribution in [-0.2, 0) is 4.79 Å². The zero-order valence-electron chi connectivity index (χ0n) is 11.9. The van der Waals surface area contributed by atoms with E-state index >= 15 is 0 Å². The van der Waals surface area contributed by atoms with Gasteiger partial charge in [-0.05, 0) is 37.8 Å². The molecular formula is C14H19N3OS2. The SMILES string of the molecule is CCC(C)(CN)C(=O)Nc1ccc2nc(SC)sc2c1. The van der Waals surface area contributed by atoms with E-state index in [-0.39, 0.29) is 5.91 Å². The molecule has 0 spiro atoms. The topological polar surface area (TPSA) is 68.0 Å². The highest BCUT2D eigenvalue weighted by Crippen LogP contribution is 2.30. The number of thioether (sulfide) groups is 1. The lowest BCUT2D eigenvalue weighted by Crippen LogP contribution is -2.39. The molecule has 1 unspecified atom stereocenters. The number of nitrogens with two attached hydrogens (primary N) is 1. The van der Waals surface area contributed by atoms with E-state index in [2.05, 4.69) is 10.3 Å². The Hall–Kier alpha value is -1.11. The standard InChI is InChI=1S/C14H19N3OS2/c1-4-14(2,8-15)12(18)16-9-5-6-10-11(7-9)20-13(17-10)19-3/h5-7H,4,8,15H2,1-3H3,(H,16,18). The van der Waals surface area contributed by atoms with Gasteiger partial charge in [0, 0.05) is 12.2 Å². The zero-order valence-corrected chi connectivity index (χ0v) is 13.5. The van der Waals surface area contributed by atoms with Crippen LogP contribution in [0.2, 0.25) is 0 Å². The van der Waals surface area contributed by atoms with Crippen molar-refractivity contribution in [2.75, 3.05) is 18.1 Å². The molecule has 2 aromatic rings. The molecule has 1 aromatic heterocycles. The highest BCUT2D eigenvalue weighted by Gasteiger charge is 2.29. The second-order valence-electron chi connectivity index (χ2n) is 4.94. The van der Waals surface area contributed by atoms with Crippen molar-refractivity contribution in [3.63, 3.8) is 0 Å². The first kappa shape index (κ1) is 15.3. The number of benzene rings is 1. The molecule has 2 rings (SSSR count). The third kappa shape index (κ3) is 2.97. The summed E-state index contributed by atoms with van der Waals surface area (Å²) in [6.07, 6.45) is 2.73. The number of anilines is 1. The van der Waals surface area contributed by atoms with Crippen LogP contribution in [0.25, 0.3) is 10.2 Å². The van der Waals surface area contributed by atoms with Gasteiger partial charge in [0.15, 0.2) is 4.34 Å². The zero-order chi connectivity index (χ0) is 14.8. The van der Waals surface area contributed by atoms with Gasteiger partial charge in [-0.25, -0.2) is 4.98 Å². The van der Waals surface area contributed by atoms with Gasteiger partial charge in [0.05, 0.1) is 15.6 Å². The summed E-state index contributed by atoms with van der Waals surface area (Å²) >= 11 is 3.26. The highest BCUT2D eigenvalue weighted by molar-refractivity contribution is 8.00. The Morgan fingerprint density at radius 3 is 2.90 bits per heavy atom. The lowest BCUT2D eigenvalue weighted by Gasteiger charge is -2.24. The molecule has 0 radical (unpaired) electrons. The van der Waals surface area contributed by atoms with E-state index in [9.17, 15) is 4.79 Å². The van der Waals surface area contributed by atoms with Gasteiger partial charge in [-0.3, -0.25) is 4.79 Å². The number of hydrogen-bond donors (Lipinski definition) is 2. The van der Waals surface area contributed by atoms with Crippen molar-refractivity contribution < 1.29 is 4.79 Å². The predicted octanol–water partition coefficient (Wildman–Crippen LogP) is 3.33. The minimum Gasteiger partial charge on any atom is -0.329 e. The molecule has 20 heavy (non-hydrogen) atoms. The maximum absolute atomic E-state index is 12.3. The number of carbonyl (C=O) groups is 1. The maximum atomic E-state index is 12.3. The second-order valence-corrected chi connectivity index (χ2v) is 7.02. The monoisotopic (exact) mass is 309 g/mol. The molecule has 1 aromatic carbocycles. The number of thiazole rings is 1. The van der Waals surface area contributed by atoms with Gasteiger partial charge in [0.1, 0.15) is 0 Å². The lowest BCUT2D eigenvalue weighted by atomic mass is 9.86. The highest BCUT2D eigenvalue weighted by atomic mass is 32.2. The van der Waals surface area contributed by atoms with E-state index in [1.807, 2.05) is 38.3 Å². The summed E-state index contributed by atoms with van der Waals surface area (Å²) in [5.74, 6) is -0.0311. The first-order valence-corrected chi connectivity index (χ1v) is 8.52. The fourth-order valence-corrected chi connectivity index (χ4v) is 3.28. The quantitative estimate of drug-likeness (QED) is 0.831. The number of aromatic nitrogens is 1. The third-order valence-electron chi connectivity index (χ3n) is 3.58. The van der Waals surface area contributed by atoms with Gasteiger partial charge in [-0.1, -0.05) is 18.7 Å². The van der Waals surface area contributed by atoms with Gasteiger partial charge in [-0.2, -0.15) is 0 Å². The molecule has 6 heteroatoms. The molecule has 0 bridgehead atoms. The van der Waals surface area contributed by atoms with Crippen LogP contribution in [0.4, 0.5) is 5.69 Å². The van der Waals surface area contributed by atoms with E-state index in [0.29, 0.717) is 6.54 Å². The lowest BCUT2D eigenvalue weighted by molar-refractivity contribution is -0.124. The van der Waals surface area contributed by atoms with Crippen molar-refractivity contribution in [2.45, 2.75) is 24.6 Å². The maximum Gasteiger partial charge on any atom is 0.231 e. The van der Waals surface area contributed by atoms with Crippen molar-refractivity contribution in [2.24, 2.45) is 11.1 Å².